The summed E-state index contributed by atoms with van der Waals surface area (Å²) in [5, 5.41) is 0. The summed E-state index contributed by atoms with van der Waals surface area (Å²) >= 11 is 0. The number of aromatic amines is 1. The molecule has 0 fully saturated rings. The number of aryl methyl sites for hydroxylation is 2. The van der Waals surface area contributed by atoms with Gasteiger partial charge in [-0.15, -0.1) is 0 Å². The summed E-state index contributed by atoms with van der Waals surface area (Å²) in [4.78, 5) is 25.5. The van der Waals surface area contributed by atoms with Gasteiger partial charge in [0.05, 0.1) is 0 Å². The minimum atomic E-state index is -0.154. The maximum Gasteiger partial charge on any atom is 0.251 e. The molecule has 0 spiro atoms. The number of rotatable bonds is 7. The Bertz CT molecular complexity index is 1180. The van der Waals surface area contributed by atoms with E-state index in [0.717, 1.165) is 48.0 Å². The maximum absolute atomic E-state index is 11.7. The Labute approximate surface area is 175 Å². The Hall–Kier alpha value is -3.45. The van der Waals surface area contributed by atoms with Gasteiger partial charge in [-0.1, -0.05) is 24.3 Å². The Morgan fingerprint density at radius 1 is 1.07 bits per heavy atom. The van der Waals surface area contributed by atoms with E-state index < -0.39 is 0 Å². The molecule has 0 saturated carbocycles. The van der Waals surface area contributed by atoms with E-state index in [9.17, 15) is 4.79 Å². The van der Waals surface area contributed by atoms with Crippen molar-refractivity contribution in [2.24, 2.45) is 0 Å². The molecular formula is C23H25N5O2. The number of furan rings is 1. The molecule has 0 aliphatic carbocycles. The molecule has 4 aromatic rings. The summed E-state index contributed by atoms with van der Waals surface area (Å²) < 4.78 is 8.22. The lowest BCUT2D eigenvalue weighted by atomic mass is 10.1. The smallest absolute Gasteiger partial charge is 0.251 e. The number of hydrogen-bond donors (Lipinski definition) is 1. The highest BCUT2D eigenvalue weighted by atomic mass is 16.3. The molecule has 1 N–H and O–H groups in total. The molecule has 7 nitrogen and oxygen atoms in total. The van der Waals surface area contributed by atoms with Gasteiger partial charge < -0.3 is 18.9 Å². The van der Waals surface area contributed by atoms with Gasteiger partial charge >= 0.3 is 0 Å². The third-order valence-electron chi connectivity index (χ3n) is 4.86. The number of H-pyrrole nitrogens is 1. The summed E-state index contributed by atoms with van der Waals surface area (Å²) in [5.41, 5.74) is 2.33. The van der Waals surface area contributed by atoms with Crippen LogP contribution in [0.5, 0.6) is 0 Å². The van der Waals surface area contributed by atoms with Crippen LogP contribution in [-0.4, -0.2) is 45.1 Å². The Balaban J connectivity index is 1.53. The summed E-state index contributed by atoms with van der Waals surface area (Å²) in [6, 6.07) is 13.2. The van der Waals surface area contributed by atoms with E-state index in [4.69, 9.17) is 4.42 Å². The molecule has 3 heterocycles. The van der Waals surface area contributed by atoms with Crippen molar-refractivity contribution in [3.05, 3.63) is 70.9 Å². The predicted octanol–water partition coefficient (Wildman–Crippen LogP) is 3.82. The number of nitrogens with one attached hydrogen (secondary N) is 1. The molecule has 7 heteroatoms. The molecule has 0 aliphatic heterocycles. The lowest BCUT2D eigenvalue weighted by molar-refractivity contribution is 0.386. The van der Waals surface area contributed by atoms with E-state index >= 15 is 0 Å². The largest absolute Gasteiger partial charge is 0.453 e. The Kier molecular flexibility index (Phi) is 5.63. The second-order valence-corrected chi connectivity index (χ2v) is 7.58. The number of benzene rings is 1. The standard InChI is InChI=1S/C23H25N5O2/c1-16-15-21(29)26-22(25-16)18-7-5-17(6-8-18)19-9-10-20(30-19)23-24-11-14-28(23)13-4-12-27(2)3/h5-11,14-15H,4,12-13H2,1-3H3,(H,25,26,29). The van der Waals surface area contributed by atoms with E-state index in [-0.39, 0.29) is 5.56 Å². The molecule has 0 atom stereocenters. The fourth-order valence-electron chi connectivity index (χ4n) is 3.39. The lowest BCUT2D eigenvalue weighted by Gasteiger charge is -2.10. The van der Waals surface area contributed by atoms with E-state index in [1.807, 2.05) is 49.5 Å². The maximum atomic E-state index is 11.7. The molecule has 0 radical (unpaired) electrons. The highest BCUT2D eigenvalue weighted by molar-refractivity contribution is 5.66. The molecule has 0 bridgehead atoms. The fraction of sp³-hybridized carbons (Fsp3) is 0.261. The first-order chi connectivity index (χ1) is 14.5. The molecule has 0 aliphatic rings. The van der Waals surface area contributed by atoms with Crippen LogP contribution in [0, 0.1) is 6.92 Å². The summed E-state index contributed by atoms with van der Waals surface area (Å²) in [5.74, 6) is 2.91. The monoisotopic (exact) mass is 403 g/mol. The molecule has 0 saturated heterocycles. The van der Waals surface area contributed by atoms with Crippen molar-refractivity contribution in [3.63, 3.8) is 0 Å². The summed E-state index contributed by atoms with van der Waals surface area (Å²) in [6.07, 6.45) is 4.83. The highest BCUT2D eigenvalue weighted by Crippen LogP contribution is 2.29. The zero-order valence-corrected chi connectivity index (χ0v) is 17.4. The van der Waals surface area contributed by atoms with Crippen LogP contribution in [-0.2, 0) is 6.54 Å². The van der Waals surface area contributed by atoms with Gasteiger partial charge in [0.25, 0.3) is 5.56 Å². The third kappa shape index (κ3) is 4.41. The van der Waals surface area contributed by atoms with Gasteiger partial charge in [0.15, 0.2) is 11.6 Å². The van der Waals surface area contributed by atoms with Gasteiger partial charge in [0, 0.05) is 41.8 Å². The number of nitrogens with zero attached hydrogens (tertiary/aromatic N) is 4. The summed E-state index contributed by atoms with van der Waals surface area (Å²) in [7, 11) is 4.15. The summed E-state index contributed by atoms with van der Waals surface area (Å²) in [6.45, 7) is 3.72. The van der Waals surface area contributed by atoms with Crippen LogP contribution in [0.3, 0.4) is 0 Å². The molecule has 1 aromatic carbocycles. The first-order valence-electron chi connectivity index (χ1n) is 9.94. The van der Waals surface area contributed by atoms with Gasteiger partial charge in [-0.25, -0.2) is 9.97 Å². The molecule has 0 unspecified atom stereocenters. The third-order valence-corrected chi connectivity index (χ3v) is 4.86. The van der Waals surface area contributed by atoms with Crippen LogP contribution < -0.4 is 5.56 Å². The molecule has 0 amide bonds. The van der Waals surface area contributed by atoms with Crippen LogP contribution in [0.1, 0.15) is 12.1 Å². The minimum absolute atomic E-state index is 0.154. The number of imidazole rings is 1. The van der Waals surface area contributed by atoms with Crippen LogP contribution in [0.15, 0.2) is 64.1 Å². The first-order valence-corrected chi connectivity index (χ1v) is 9.94. The molecule has 30 heavy (non-hydrogen) atoms. The quantitative estimate of drug-likeness (QED) is 0.507. The Morgan fingerprint density at radius 3 is 2.53 bits per heavy atom. The second-order valence-electron chi connectivity index (χ2n) is 7.58. The van der Waals surface area contributed by atoms with Crippen LogP contribution in [0.4, 0.5) is 0 Å². The van der Waals surface area contributed by atoms with E-state index in [1.165, 1.54) is 6.07 Å². The van der Waals surface area contributed by atoms with Crippen molar-refractivity contribution < 1.29 is 4.42 Å². The minimum Gasteiger partial charge on any atom is -0.453 e. The first kappa shape index (κ1) is 19.8. The van der Waals surface area contributed by atoms with E-state index in [2.05, 4.69) is 38.5 Å². The second kappa shape index (κ2) is 8.51. The average molecular weight is 403 g/mol. The number of hydrogen-bond acceptors (Lipinski definition) is 5. The van der Waals surface area contributed by atoms with Crippen molar-refractivity contribution in [1.82, 2.24) is 24.4 Å². The van der Waals surface area contributed by atoms with E-state index in [0.29, 0.717) is 11.5 Å². The fourth-order valence-corrected chi connectivity index (χ4v) is 3.39. The number of aromatic nitrogens is 4. The lowest BCUT2D eigenvalue weighted by Crippen LogP contribution is -2.15. The van der Waals surface area contributed by atoms with Crippen LogP contribution in [0.2, 0.25) is 0 Å². The normalized spacial score (nSPS) is 11.3. The van der Waals surface area contributed by atoms with Gasteiger partial charge in [-0.05, 0) is 46.1 Å². The molecular weight excluding hydrogens is 378 g/mol. The van der Waals surface area contributed by atoms with Crippen molar-refractivity contribution in [2.75, 3.05) is 20.6 Å². The predicted molar refractivity (Wildman–Crippen MR) is 117 cm³/mol. The topological polar surface area (TPSA) is 80.0 Å². The van der Waals surface area contributed by atoms with Gasteiger partial charge in [-0.3, -0.25) is 4.79 Å². The van der Waals surface area contributed by atoms with Crippen molar-refractivity contribution >= 4 is 0 Å². The van der Waals surface area contributed by atoms with E-state index in [1.54, 1.807) is 6.20 Å². The van der Waals surface area contributed by atoms with Gasteiger partial charge in [0.1, 0.15) is 11.6 Å². The van der Waals surface area contributed by atoms with Crippen molar-refractivity contribution in [2.45, 2.75) is 19.9 Å². The van der Waals surface area contributed by atoms with Gasteiger partial charge in [-0.2, -0.15) is 0 Å². The average Bonchev–Trinajstić information content (AvgIpc) is 3.36. The van der Waals surface area contributed by atoms with Crippen LogP contribution in [0.25, 0.3) is 34.3 Å². The zero-order chi connectivity index (χ0) is 21.1. The van der Waals surface area contributed by atoms with Crippen molar-refractivity contribution in [1.29, 1.82) is 0 Å². The zero-order valence-electron chi connectivity index (χ0n) is 17.4. The van der Waals surface area contributed by atoms with Crippen molar-refractivity contribution in [3.8, 4) is 34.3 Å². The Morgan fingerprint density at radius 2 is 1.80 bits per heavy atom. The molecule has 3 aromatic heterocycles. The molecule has 4 rings (SSSR count). The highest BCUT2D eigenvalue weighted by Gasteiger charge is 2.12. The van der Waals surface area contributed by atoms with Crippen LogP contribution >= 0.6 is 0 Å². The van der Waals surface area contributed by atoms with Gasteiger partial charge in [0.2, 0.25) is 0 Å². The molecule has 154 valence electrons. The SMILES string of the molecule is Cc1cc(=O)[nH]c(-c2ccc(-c3ccc(-c4nccn4CCCN(C)C)o3)cc2)n1.